The van der Waals surface area contributed by atoms with Crippen molar-refractivity contribution in [2.45, 2.75) is 37.3 Å². The highest BCUT2D eigenvalue weighted by Crippen LogP contribution is 2.33. The van der Waals surface area contributed by atoms with Gasteiger partial charge in [-0.05, 0) is 37.5 Å². The third-order valence-corrected chi connectivity index (χ3v) is 5.94. The highest BCUT2D eigenvalue weighted by atomic mass is 32.2. The molecule has 3 aromatic rings. The van der Waals surface area contributed by atoms with Crippen LogP contribution in [0.5, 0.6) is 0 Å². The highest BCUT2D eigenvalue weighted by molar-refractivity contribution is 7.98. The largest absolute Gasteiger partial charge is 0.270 e. The van der Waals surface area contributed by atoms with Crippen LogP contribution >= 0.6 is 23.1 Å². The summed E-state index contributed by atoms with van der Waals surface area (Å²) in [6.07, 6.45) is 7.68. The lowest BCUT2D eigenvalue weighted by molar-refractivity contribution is 0.713. The van der Waals surface area contributed by atoms with Crippen molar-refractivity contribution in [3.05, 3.63) is 20.8 Å². The zero-order chi connectivity index (χ0) is 14.6. The van der Waals surface area contributed by atoms with E-state index in [4.69, 9.17) is 4.98 Å². The molecule has 0 N–H and O–H groups in total. The molecule has 0 saturated carbocycles. The summed E-state index contributed by atoms with van der Waals surface area (Å²) in [7, 11) is 1.84. The predicted octanol–water partition coefficient (Wildman–Crippen LogP) is 2.63. The number of hydrogen-bond donors (Lipinski definition) is 0. The molecule has 0 spiro atoms. The van der Waals surface area contributed by atoms with Crippen LogP contribution < -0.4 is 5.56 Å². The molecule has 0 bridgehead atoms. The van der Waals surface area contributed by atoms with E-state index in [-0.39, 0.29) is 5.56 Å². The molecule has 3 aromatic heterocycles. The van der Waals surface area contributed by atoms with E-state index in [1.165, 1.54) is 41.5 Å². The number of nitrogens with zero attached hydrogens (tertiary/aromatic N) is 4. The number of aryl methyl sites for hydroxylation is 3. The molecule has 5 nitrogen and oxygen atoms in total. The Kier molecular flexibility index (Phi) is 3.08. The summed E-state index contributed by atoms with van der Waals surface area (Å²) in [5.74, 6) is 0.633. The van der Waals surface area contributed by atoms with E-state index >= 15 is 0 Å². The van der Waals surface area contributed by atoms with Gasteiger partial charge in [0.2, 0.25) is 5.78 Å². The fraction of sp³-hybridized carbons (Fsp3) is 0.500. The lowest BCUT2D eigenvalue weighted by Crippen LogP contribution is -2.16. The third-order valence-electron chi connectivity index (χ3n) is 4.12. The van der Waals surface area contributed by atoms with Gasteiger partial charge in [0, 0.05) is 11.9 Å². The molecule has 3 heterocycles. The SMILES string of the molecule is CSc1nn(C)c2nc3sc4c(c3c(=O)n12)CCCCC4. The predicted molar refractivity (Wildman–Crippen MR) is 86.7 cm³/mol. The van der Waals surface area contributed by atoms with Gasteiger partial charge in [0.25, 0.3) is 5.56 Å². The molecule has 4 rings (SSSR count). The molecule has 0 fully saturated rings. The first-order valence-corrected chi connectivity index (χ1v) is 9.19. The Hall–Kier alpha value is -1.34. The van der Waals surface area contributed by atoms with Crippen LogP contribution in [-0.2, 0) is 19.9 Å². The Morgan fingerprint density at radius 3 is 2.86 bits per heavy atom. The Morgan fingerprint density at radius 1 is 1.24 bits per heavy atom. The van der Waals surface area contributed by atoms with Gasteiger partial charge >= 0.3 is 0 Å². The van der Waals surface area contributed by atoms with Gasteiger partial charge < -0.3 is 0 Å². The topological polar surface area (TPSA) is 52.2 Å². The van der Waals surface area contributed by atoms with Gasteiger partial charge in [-0.1, -0.05) is 18.2 Å². The molecular formula is C14H16N4OS2. The molecule has 0 amide bonds. The number of rotatable bonds is 1. The van der Waals surface area contributed by atoms with Crippen molar-refractivity contribution in [1.82, 2.24) is 19.2 Å². The van der Waals surface area contributed by atoms with Crippen LogP contribution in [-0.4, -0.2) is 25.4 Å². The number of fused-ring (bicyclic) bond motifs is 4. The van der Waals surface area contributed by atoms with Crippen LogP contribution in [0.3, 0.4) is 0 Å². The minimum Gasteiger partial charge on any atom is -0.268 e. The van der Waals surface area contributed by atoms with Crippen molar-refractivity contribution in [2.24, 2.45) is 7.05 Å². The number of thiophene rings is 1. The zero-order valence-electron chi connectivity index (χ0n) is 12.0. The second-order valence-corrected chi connectivity index (χ2v) is 7.26. The van der Waals surface area contributed by atoms with E-state index in [1.807, 2.05) is 13.3 Å². The Balaban J connectivity index is 2.15. The molecular weight excluding hydrogens is 304 g/mol. The Labute approximate surface area is 130 Å². The number of aromatic nitrogens is 4. The molecule has 0 unspecified atom stereocenters. The number of hydrogen-bond acceptors (Lipinski definition) is 5. The van der Waals surface area contributed by atoms with Crippen molar-refractivity contribution >= 4 is 39.1 Å². The molecule has 21 heavy (non-hydrogen) atoms. The molecule has 110 valence electrons. The normalized spacial score (nSPS) is 15.5. The Morgan fingerprint density at radius 2 is 2.05 bits per heavy atom. The zero-order valence-corrected chi connectivity index (χ0v) is 13.7. The maximum Gasteiger partial charge on any atom is 0.270 e. The maximum atomic E-state index is 13.0. The molecule has 0 aliphatic heterocycles. The number of thioether (sulfide) groups is 1. The maximum absolute atomic E-state index is 13.0. The summed E-state index contributed by atoms with van der Waals surface area (Å²) in [4.78, 5) is 19.9. The van der Waals surface area contributed by atoms with Crippen molar-refractivity contribution < 1.29 is 0 Å². The van der Waals surface area contributed by atoms with Crippen LogP contribution in [0, 0.1) is 0 Å². The van der Waals surface area contributed by atoms with Gasteiger partial charge in [0.05, 0.1) is 5.39 Å². The summed E-state index contributed by atoms with van der Waals surface area (Å²) in [5.41, 5.74) is 1.29. The fourth-order valence-electron chi connectivity index (χ4n) is 3.11. The fourth-order valence-corrected chi connectivity index (χ4v) is 4.91. The second-order valence-electron chi connectivity index (χ2n) is 5.41. The van der Waals surface area contributed by atoms with Crippen molar-refractivity contribution in [1.29, 1.82) is 0 Å². The van der Waals surface area contributed by atoms with Crippen LogP contribution in [0.4, 0.5) is 0 Å². The van der Waals surface area contributed by atoms with E-state index in [9.17, 15) is 4.79 Å². The van der Waals surface area contributed by atoms with Crippen molar-refractivity contribution in [2.75, 3.05) is 6.26 Å². The average molecular weight is 320 g/mol. The van der Waals surface area contributed by atoms with Gasteiger partial charge in [0.15, 0.2) is 5.16 Å². The van der Waals surface area contributed by atoms with Crippen LogP contribution in [0.2, 0.25) is 0 Å². The molecule has 1 aliphatic carbocycles. The second kappa shape index (κ2) is 4.84. The molecule has 0 aromatic carbocycles. The standard InChI is InChI=1S/C14H16N4OS2/c1-17-13-15-11-10(12(19)18(13)14(16-17)20-2)8-6-4-3-5-7-9(8)21-11/h3-7H2,1-2H3. The quantitative estimate of drug-likeness (QED) is 0.511. The van der Waals surface area contributed by atoms with E-state index in [0.717, 1.165) is 23.1 Å². The first-order valence-electron chi connectivity index (χ1n) is 7.14. The molecule has 0 atom stereocenters. The molecule has 0 saturated heterocycles. The lowest BCUT2D eigenvalue weighted by atomic mass is 10.1. The first kappa shape index (κ1) is 13.3. The lowest BCUT2D eigenvalue weighted by Gasteiger charge is -1.99. The van der Waals surface area contributed by atoms with E-state index < -0.39 is 0 Å². The summed E-state index contributed by atoms with van der Waals surface area (Å²) in [6, 6.07) is 0. The van der Waals surface area contributed by atoms with Crippen LogP contribution in [0.15, 0.2) is 9.95 Å². The first-order chi connectivity index (χ1) is 10.2. The highest BCUT2D eigenvalue weighted by Gasteiger charge is 2.22. The smallest absolute Gasteiger partial charge is 0.268 e. The van der Waals surface area contributed by atoms with Crippen LogP contribution in [0.25, 0.3) is 16.0 Å². The van der Waals surface area contributed by atoms with E-state index in [1.54, 1.807) is 20.4 Å². The summed E-state index contributed by atoms with van der Waals surface area (Å²) < 4.78 is 3.35. The van der Waals surface area contributed by atoms with Gasteiger partial charge in [-0.15, -0.1) is 16.4 Å². The molecule has 0 radical (unpaired) electrons. The summed E-state index contributed by atoms with van der Waals surface area (Å²) in [6.45, 7) is 0. The van der Waals surface area contributed by atoms with Gasteiger partial charge in [-0.2, -0.15) is 0 Å². The minimum absolute atomic E-state index is 0.0480. The summed E-state index contributed by atoms with van der Waals surface area (Å²) >= 11 is 3.18. The van der Waals surface area contributed by atoms with Gasteiger partial charge in [-0.3, -0.25) is 4.79 Å². The van der Waals surface area contributed by atoms with Gasteiger partial charge in [-0.25, -0.2) is 14.1 Å². The van der Waals surface area contributed by atoms with E-state index in [0.29, 0.717) is 10.9 Å². The molecule has 1 aliphatic rings. The van der Waals surface area contributed by atoms with E-state index in [2.05, 4.69) is 5.10 Å². The third kappa shape index (κ3) is 1.87. The van der Waals surface area contributed by atoms with Crippen molar-refractivity contribution in [3.8, 4) is 0 Å². The monoisotopic (exact) mass is 320 g/mol. The van der Waals surface area contributed by atoms with Gasteiger partial charge in [0.1, 0.15) is 4.83 Å². The molecule has 7 heteroatoms. The average Bonchev–Trinajstić information content (AvgIpc) is 2.89. The van der Waals surface area contributed by atoms with Crippen molar-refractivity contribution in [3.63, 3.8) is 0 Å². The summed E-state index contributed by atoms with van der Waals surface area (Å²) in [5, 5.41) is 5.93. The Bertz CT molecular complexity index is 905. The van der Waals surface area contributed by atoms with Crippen LogP contribution in [0.1, 0.15) is 29.7 Å². The minimum atomic E-state index is 0.0480.